The van der Waals surface area contributed by atoms with Gasteiger partial charge in [-0.3, -0.25) is 4.90 Å². The molecule has 0 saturated carbocycles. The second-order valence-electron chi connectivity index (χ2n) is 5.60. The Bertz CT molecular complexity index is 835. The minimum Gasteiger partial charge on any atom is -0.465 e. The molecule has 1 aliphatic heterocycles. The lowest BCUT2D eigenvalue weighted by Crippen LogP contribution is -2.37. The van der Waals surface area contributed by atoms with E-state index in [4.69, 9.17) is 5.11 Å². The Kier molecular flexibility index (Phi) is 4.48. The summed E-state index contributed by atoms with van der Waals surface area (Å²) in [5, 5.41) is 9.04. The second kappa shape index (κ2) is 6.32. The molecule has 5 nitrogen and oxygen atoms in total. The van der Waals surface area contributed by atoms with Gasteiger partial charge in [-0.15, -0.1) is 0 Å². The number of halogens is 5. The molecule has 1 amide bonds. The molecule has 1 aromatic heterocycles. The van der Waals surface area contributed by atoms with E-state index in [2.05, 4.69) is 20.9 Å². The molecule has 0 unspecified atom stereocenters. The molecule has 1 N–H and O–H groups in total. The number of alkyl halides is 3. The van der Waals surface area contributed by atoms with E-state index in [1.165, 1.54) is 4.90 Å². The smallest absolute Gasteiger partial charge is 0.416 e. The molecule has 3 rings (SSSR count). The molecule has 0 aliphatic carbocycles. The van der Waals surface area contributed by atoms with Crippen LogP contribution in [-0.2, 0) is 25.7 Å². The molecule has 0 fully saturated rings. The first-order valence-corrected chi connectivity index (χ1v) is 8.03. The van der Waals surface area contributed by atoms with E-state index in [0.29, 0.717) is 22.2 Å². The second-order valence-corrected chi connectivity index (χ2v) is 6.35. The van der Waals surface area contributed by atoms with Crippen molar-refractivity contribution in [3.05, 3.63) is 51.3 Å². The normalized spacial score (nSPS) is 14.5. The first-order chi connectivity index (χ1) is 11.7. The number of hydrogen-bond donors (Lipinski definition) is 1. The largest absolute Gasteiger partial charge is 0.465 e. The lowest BCUT2D eigenvalue weighted by atomic mass is 10.0. The van der Waals surface area contributed by atoms with Crippen LogP contribution in [-0.4, -0.2) is 32.2 Å². The summed E-state index contributed by atoms with van der Waals surface area (Å²) in [6, 6.07) is 2.57. The number of imidazole rings is 1. The van der Waals surface area contributed by atoms with E-state index < -0.39 is 23.7 Å². The van der Waals surface area contributed by atoms with Crippen LogP contribution in [0.25, 0.3) is 0 Å². The van der Waals surface area contributed by atoms with E-state index in [9.17, 15) is 22.4 Å². The van der Waals surface area contributed by atoms with E-state index in [1.54, 1.807) is 4.57 Å². The summed E-state index contributed by atoms with van der Waals surface area (Å²) in [5.74, 6) is -0.506. The van der Waals surface area contributed by atoms with Gasteiger partial charge in [-0.25, -0.2) is 14.2 Å². The van der Waals surface area contributed by atoms with Crippen molar-refractivity contribution >= 4 is 22.0 Å². The van der Waals surface area contributed by atoms with Crippen LogP contribution < -0.4 is 0 Å². The summed E-state index contributed by atoms with van der Waals surface area (Å²) in [7, 11) is 0. The third-order valence-electron chi connectivity index (χ3n) is 4.03. The third-order valence-corrected chi connectivity index (χ3v) is 4.67. The van der Waals surface area contributed by atoms with Gasteiger partial charge in [0, 0.05) is 19.5 Å². The van der Waals surface area contributed by atoms with Crippen LogP contribution in [0.15, 0.2) is 22.8 Å². The van der Waals surface area contributed by atoms with Crippen molar-refractivity contribution in [3.63, 3.8) is 0 Å². The van der Waals surface area contributed by atoms with Crippen LogP contribution in [0.5, 0.6) is 0 Å². The van der Waals surface area contributed by atoms with Gasteiger partial charge in [-0.2, -0.15) is 13.2 Å². The molecular formula is C15H12BrF4N3O2. The number of fused-ring (bicyclic) bond motifs is 1. The van der Waals surface area contributed by atoms with Crippen molar-refractivity contribution in [2.75, 3.05) is 6.54 Å². The summed E-state index contributed by atoms with van der Waals surface area (Å²) in [5.41, 5.74) is -0.604. The number of amides is 1. The number of hydrogen-bond acceptors (Lipinski definition) is 2. The maximum atomic E-state index is 13.2. The zero-order valence-corrected chi connectivity index (χ0v) is 14.2. The molecule has 134 valence electrons. The molecule has 1 aliphatic rings. The lowest BCUT2D eigenvalue weighted by molar-refractivity contribution is -0.138. The van der Waals surface area contributed by atoms with Crippen LogP contribution >= 0.6 is 15.9 Å². The number of aromatic nitrogens is 2. The molecule has 25 heavy (non-hydrogen) atoms. The topological polar surface area (TPSA) is 58.4 Å². The van der Waals surface area contributed by atoms with Crippen LogP contribution in [0.3, 0.4) is 0 Å². The van der Waals surface area contributed by atoms with Crippen molar-refractivity contribution in [1.29, 1.82) is 0 Å². The zero-order valence-electron chi connectivity index (χ0n) is 12.6. The van der Waals surface area contributed by atoms with Gasteiger partial charge in [0.05, 0.1) is 17.8 Å². The maximum Gasteiger partial charge on any atom is 0.416 e. The Morgan fingerprint density at radius 2 is 2.04 bits per heavy atom. The average molecular weight is 422 g/mol. The molecule has 0 saturated heterocycles. The molecule has 0 spiro atoms. The predicted molar refractivity (Wildman–Crippen MR) is 82.6 cm³/mol. The lowest BCUT2D eigenvalue weighted by Gasteiger charge is -2.26. The third kappa shape index (κ3) is 3.48. The molecular weight excluding hydrogens is 410 g/mol. The van der Waals surface area contributed by atoms with Gasteiger partial charge >= 0.3 is 12.3 Å². The molecule has 1 aromatic carbocycles. The number of carboxylic acid groups (broad SMARTS) is 1. The summed E-state index contributed by atoms with van der Waals surface area (Å²) in [4.78, 5) is 16.4. The van der Waals surface area contributed by atoms with E-state index in [0.717, 1.165) is 12.1 Å². The summed E-state index contributed by atoms with van der Waals surface area (Å²) in [6.45, 7) is 0.565. The molecule has 0 radical (unpaired) electrons. The first kappa shape index (κ1) is 17.7. The maximum absolute atomic E-state index is 13.2. The van der Waals surface area contributed by atoms with Gasteiger partial charge in [-0.05, 0) is 33.6 Å². The van der Waals surface area contributed by atoms with Crippen molar-refractivity contribution in [2.24, 2.45) is 0 Å². The first-order valence-electron chi connectivity index (χ1n) is 7.24. The van der Waals surface area contributed by atoms with Crippen molar-refractivity contribution in [2.45, 2.75) is 25.7 Å². The van der Waals surface area contributed by atoms with Crippen molar-refractivity contribution in [1.82, 2.24) is 14.5 Å². The molecule has 10 heteroatoms. The monoisotopic (exact) mass is 421 g/mol. The van der Waals surface area contributed by atoms with Gasteiger partial charge in [0.25, 0.3) is 0 Å². The van der Waals surface area contributed by atoms with Crippen LogP contribution in [0, 0.1) is 5.82 Å². The van der Waals surface area contributed by atoms with E-state index in [1.807, 2.05) is 0 Å². The Balaban J connectivity index is 1.97. The van der Waals surface area contributed by atoms with Crippen LogP contribution in [0.1, 0.15) is 22.6 Å². The fraction of sp³-hybridized carbons (Fsp3) is 0.333. The Labute approximate surface area is 148 Å². The molecule has 2 heterocycles. The summed E-state index contributed by atoms with van der Waals surface area (Å²) < 4.78 is 54.8. The number of benzene rings is 1. The van der Waals surface area contributed by atoms with E-state index >= 15 is 0 Å². The summed E-state index contributed by atoms with van der Waals surface area (Å²) >= 11 is 3.23. The highest BCUT2D eigenvalue weighted by Crippen LogP contribution is 2.35. The molecule has 0 atom stereocenters. The minimum absolute atomic E-state index is 0.0590. The molecule has 2 aromatic rings. The van der Waals surface area contributed by atoms with Crippen molar-refractivity contribution in [3.8, 4) is 0 Å². The quantitative estimate of drug-likeness (QED) is 0.748. The number of carbonyl (C=O) groups is 1. The van der Waals surface area contributed by atoms with E-state index in [-0.39, 0.29) is 31.6 Å². The van der Waals surface area contributed by atoms with Gasteiger partial charge < -0.3 is 9.67 Å². The van der Waals surface area contributed by atoms with Crippen LogP contribution in [0.4, 0.5) is 22.4 Å². The number of nitrogens with zero attached hydrogens (tertiary/aromatic N) is 3. The zero-order chi connectivity index (χ0) is 18.4. The Hall–Kier alpha value is -2.10. The number of rotatable bonds is 2. The SMILES string of the molecule is O=C(O)N1CCn2c(nc(Br)c2Cc2ccc(F)cc2C(F)(F)F)C1. The standard InChI is InChI=1S/C15H12BrF4N3O2/c16-13-11(23-4-3-22(14(24)25)7-12(23)21-13)5-8-1-2-9(17)6-10(8)15(18,19)20/h1-2,6H,3-5,7H2,(H,24,25). The van der Waals surface area contributed by atoms with Crippen LogP contribution in [0.2, 0.25) is 0 Å². The fourth-order valence-corrected chi connectivity index (χ4v) is 3.40. The van der Waals surface area contributed by atoms with Gasteiger partial charge in [-0.1, -0.05) is 6.07 Å². The highest BCUT2D eigenvalue weighted by molar-refractivity contribution is 9.10. The van der Waals surface area contributed by atoms with Gasteiger partial charge in [0.1, 0.15) is 16.2 Å². The van der Waals surface area contributed by atoms with Gasteiger partial charge in [0.2, 0.25) is 0 Å². The highest BCUT2D eigenvalue weighted by atomic mass is 79.9. The minimum atomic E-state index is -4.67. The molecule has 0 bridgehead atoms. The van der Waals surface area contributed by atoms with Crippen molar-refractivity contribution < 1.29 is 27.5 Å². The summed E-state index contributed by atoms with van der Waals surface area (Å²) in [6.07, 6.45) is -5.85. The Morgan fingerprint density at radius 1 is 1.32 bits per heavy atom. The highest BCUT2D eigenvalue weighted by Gasteiger charge is 2.34. The predicted octanol–water partition coefficient (Wildman–Crippen LogP) is 3.89. The fourth-order valence-electron chi connectivity index (χ4n) is 2.84. The average Bonchev–Trinajstić information content (AvgIpc) is 2.83. The van der Waals surface area contributed by atoms with Gasteiger partial charge in [0.15, 0.2) is 0 Å². The Morgan fingerprint density at radius 3 is 2.68 bits per heavy atom.